The second-order valence-corrected chi connectivity index (χ2v) is 27.5. The molecule has 2 atom stereocenters. The van der Waals surface area contributed by atoms with Crippen LogP contribution in [-0.2, 0) is 37.9 Å². The van der Waals surface area contributed by atoms with E-state index >= 15 is 0 Å². The molecule has 13 rings (SSSR count). The van der Waals surface area contributed by atoms with Crippen molar-refractivity contribution < 1.29 is 11.3 Å². The molecule has 1 saturated carbocycles. The van der Waals surface area contributed by atoms with Crippen LogP contribution in [0.15, 0.2) is 101 Å². The number of fused-ring (bicyclic) bond motifs is 13. The van der Waals surface area contributed by atoms with Gasteiger partial charge in [0.25, 0.3) is 6.71 Å². The van der Waals surface area contributed by atoms with E-state index in [1.54, 1.807) is 0 Å². The highest BCUT2D eigenvalue weighted by molar-refractivity contribution is 7.01. The second-order valence-electron chi connectivity index (χ2n) is 27.5. The molecule has 4 heteroatoms. The molecule has 6 aromatic carbocycles. The smallest absolute Gasteiger partial charge is 0.257 e. The fourth-order valence-electron chi connectivity index (χ4n) is 15.2. The number of hydrogen-bond acceptors (Lipinski definition) is 3. The summed E-state index contributed by atoms with van der Waals surface area (Å²) in [5, 5.41) is 1.16. The van der Waals surface area contributed by atoms with Crippen molar-refractivity contribution in [3.63, 3.8) is 0 Å². The van der Waals surface area contributed by atoms with Crippen LogP contribution in [0.3, 0.4) is 0 Å². The number of furan rings is 1. The Morgan fingerprint density at radius 1 is 0.535 bits per heavy atom. The summed E-state index contributed by atoms with van der Waals surface area (Å²) in [6, 6.07) is 24.7. The fraction of sp³-hybridized carbons (Fsp3) is 0.433. The predicted molar refractivity (Wildman–Crippen MR) is 303 cm³/mol. The summed E-state index contributed by atoms with van der Waals surface area (Å²) in [6.45, 7) is 35.2. The average molecular weight is 940 g/mol. The maximum atomic E-state index is 9.57. The monoisotopic (exact) mass is 940 g/mol. The van der Waals surface area contributed by atoms with Crippen LogP contribution in [0.4, 0.5) is 34.3 Å². The molecule has 1 fully saturated rings. The van der Waals surface area contributed by atoms with Gasteiger partial charge in [0.05, 0.1) is 12.5 Å². The van der Waals surface area contributed by atoms with Gasteiger partial charge in [-0.1, -0.05) is 144 Å². The highest BCUT2D eigenvalue weighted by atomic mass is 16.4. The van der Waals surface area contributed by atoms with E-state index < -0.39 is 6.04 Å². The fourth-order valence-corrected chi connectivity index (χ4v) is 15.2. The van der Waals surface area contributed by atoms with Crippen LogP contribution in [0, 0.1) is 13.8 Å². The van der Waals surface area contributed by atoms with Gasteiger partial charge < -0.3 is 9.32 Å². The summed E-state index contributed by atoms with van der Waals surface area (Å²) in [5.41, 5.74) is 22.0. The summed E-state index contributed by atoms with van der Waals surface area (Å²) >= 11 is 0. The van der Waals surface area contributed by atoms with Crippen LogP contribution >= 0.6 is 0 Å². The van der Waals surface area contributed by atoms with Crippen LogP contribution in [0.2, 0.25) is 0 Å². The Labute approximate surface area is 432 Å². The van der Waals surface area contributed by atoms with Crippen molar-refractivity contribution >= 4 is 68.4 Å². The predicted octanol–water partition coefficient (Wildman–Crippen LogP) is 16.5. The molecule has 2 unspecified atom stereocenters. The van der Waals surface area contributed by atoms with Crippen molar-refractivity contribution in [2.75, 3.05) is 9.80 Å². The van der Waals surface area contributed by atoms with E-state index in [1.165, 1.54) is 62.7 Å². The highest BCUT2D eigenvalue weighted by Crippen LogP contribution is 2.62. The number of anilines is 6. The molecule has 0 amide bonds. The standard InChI is InChI=1S/C67H75BN2O/c1-39-29-43(61(3,4)5)30-40(2)59(39)70-53-36-49-48(64(10,11)25-26-65(49,12)13)35-52(53)68-57-45-34-50-51(67(15)28-27-66(50,14)38-67)37-56(45)71-60(57)69(44-21-22-46-47(33-44)63(8,9)24-23-62(46,6)7)54-31-42(32-55(70)58(54)68)41-19-17-16-18-20-41/h16-22,29-37H,23-28,38H2,1-15H3/i16D,17D,18D,19D,20D. The van der Waals surface area contributed by atoms with Crippen molar-refractivity contribution in [2.45, 2.75) is 187 Å². The molecule has 4 aliphatic carbocycles. The van der Waals surface area contributed by atoms with E-state index in [-0.39, 0.29) is 74.4 Å². The SMILES string of the molecule is [2H]c1c([2H])c([2H])c(-c2cc3c4c(c2)N(c2c(C)cc(C(C)(C)C)cc2C)c2cc5c(cc2B4c2c(oc4cc6c(cc24)C2(C)CCC6(C)C2)N3c2ccc3c(c2)C(C)(C)CCC3(C)C)C(C)(C)CCC5(C)C)c([2H])c1[2H]. The molecule has 0 spiro atoms. The number of rotatable bonds is 3. The second kappa shape index (κ2) is 14.2. The molecule has 2 aliphatic heterocycles. The Morgan fingerprint density at radius 3 is 1.69 bits per heavy atom. The van der Waals surface area contributed by atoms with Gasteiger partial charge in [0.1, 0.15) is 5.58 Å². The summed E-state index contributed by atoms with van der Waals surface area (Å²) < 4.78 is 53.6. The summed E-state index contributed by atoms with van der Waals surface area (Å²) in [4.78, 5) is 4.88. The van der Waals surface area contributed by atoms with E-state index in [2.05, 4.69) is 180 Å². The van der Waals surface area contributed by atoms with E-state index in [4.69, 9.17) is 8.53 Å². The van der Waals surface area contributed by atoms with Gasteiger partial charge in [-0.2, -0.15) is 0 Å². The lowest BCUT2D eigenvalue weighted by Crippen LogP contribution is -2.61. The van der Waals surface area contributed by atoms with Crippen molar-refractivity contribution in [1.82, 2.24) is 0 Å². The Hall–Kier alpha value is -5.48. The summed E-state index contributed by atoms with van der Waals surface area (Å²) in [6.07, 6.45) is 7.80. The molecule has 3 nitrogen and oxygen atoms in total. The largest absolute Gasteiger partial charge is 0.440 e. The van der Waals surface area contributed by atoms with Gasteiger partial charge in [0.15, 0.2) is 0 Å². The van der Waals surface area contributed by atoms with Crippen LogP contribution in [0.25, 0.3) is 22.1 Å². The van der Waals surface area contributed by atoms with E-state index in [1.807, 2.05) is 0 Å². The molecule has 1 aromatic heterocycles. The maximum Gasteiger partial charge on any atom is 0.257 e. The Bertz CT molecular complexity index is 3730. The topological polar surface area (TPSA) is 19.6 Å². The van der Waals surface area contributed by atoms with Crippen molar-refractivity contribution in [1.29, 1.82) is 0 Å². The van der Waals surface area contributed by atoms with Gasteiger partial charge in [-0.15, -0.1) is 0 Å². The zero-order valence-electron chi connectivity index (χ0n) is 50.2. The Balaban J connectivity index is 1.23. The highest BCUT2D eigenvalue weighted by Gasteiger charge is 2.55. The number of hydrogen-bond donors (Lipinski definition) is 0. The lowest BCUT2D eigenvalue weighted by Gasteiger charge is -2.47. The molecule has 3 heterocycles. The van der Waals surface area contributed by atoms with Crippen molar-refractivity contribution in [2.24, 2.45) is 0 Å². The minimum atomic E-state index is -0.398. The van der Waals surface area contributed by atoms with Gasteiger partial charge in [0, 0.05) is 33.6 Å². The molecular weight excluding hydrogens is 860 g/mol. The van der Waals surface area contributed by atoms with Crippen molar-refractivity contribution in [3.8, 4) is 11.1 Å². The quantitative estimate of drug-likeness (QED) is 0.165. The molecule has 0 saturated heterocycles. The lowest BCUT2D eigenvalue weighted by atomic mass is 9.33. The first-order valence-corrected chi connectivity index (χ1v) is 26.8. The molecule has 7 aromatic rings. The van der Waals surface area contributed by atoms with Gasteiger partial charge in [-0.25, -0.2) is 0 Å². The third-order valence-corrected chi connectivity index (χ3v) is 19.6. The zero-order chi connectivity index (χ0) is 54.3. The molecule has 71 heavy (non-hydrogen) atoms. The third kappa shape index (κ3) is 6.27. The van der Waals surface area contributed by atoms with E-state index in [0.717, 1.165) is 94.0 Å². The van der Waals surface area contributed by atoms with E-state index in [0.29, 0.717) is 5.56 Å². The Kier molecular flexibility index (Phi) is 8.00. The zero-order valence-corrected chi connectivity index (χ0v) is 45.2. The Morgan fingerprint density at radius 2 is 1.08 bits per heavy atom. The third-order valence-electron chi connectivity index (χ3n) is 19.6. The minimum Gasteiger partial charge on any atom is -0.440 e. The van der Waals surface area contributed by atoms with Crippen LogP contribution in [0.1, 0.15) is 192 Å². The molecule has 0 N–H and O–H groups in total. The van der Waals surface area contributed by atoms with Gasteiger partial charge in [0.2, 0.25) is 5.88 Å². The maximum absolute atomic E-state index is 9.57. The number of benzene rings is 6. The van der Waals surface area contributed by atoms with E-state index in [9.17, 15) is 2.74 Å². The normalized spacial score (nSPS) is 24.5. The van der Waals surface area contributed by atoms with Crippen molar-refractivity contribution in [3.05, 3.63) is 147 Å². The molecule has 2 bridgehead atoms. The number of aryl methyl sites for hydroxylation is 2. The first kappa shape index (κ1) is 40.1. The molecule has 362 valence electrons. The molecule has 6 aliphatic rings. The van der Waals surface area contributed by atoms with Crippen LogP contribution in [-0.4, -0.2) is 6.71 Å². The molecule has 0 radical (unpaired) electrons. The lowest BCUT2D eigenvalue weighted by molar-refractivity contribution is 0.332. The summed E-state index contributed by atoms with van der Waals surface area (Å²) in [7, 11) is 0. The van der Waals surface area contributed by atoms with Crippen LogP contribution < -0.4 is 26.2 Å². The van der Waals surface area contributed by atoms with Gasteiger partial charge >= 0.3 is 0 Å². The van der Waals surface area contributed by atoms with Crippen LogP contribution in [0.5, 0.6) is 0 Å². The average Bonchev–Trinajstić information content (AvgIpc) is 4.13. The summed E-state index contributed by atoms with van der Waals surface area (Å²) in [5.74, 6) is 0.786. The first-order chi connectivity index (χ1) is 35.4. The molecular formula is C67H75BN2O. The number of nitrogens with zero attached hydrogens (tertiary/aromatic N) is 2. The first-order valence-electron chi connectivity index (χ1n) is 29.3. The van der Waals surface area contributed by atoms with Gasteiger partial charge in [-0.3, -0.25) is 4.90 Å². The minimum absolute atomic E-state index is 0.00291. The van der Waals surface area contributed by atoms with Gasteiger partial charge in [-0.05, 0) is 211 Å².